The number of ether oxygens (including phenoxy) is 1. The smallest absolute Gasteiger partial charge is 0.162 e. The molecular formula is C15H21BrN2O2. The molecule has 0 spiro atoms. The predicted molar refractivity (Wildman–Crippen MR) is 84.4 cm³/mol. The first-order valence-electron chi connectivity index (χ1n) is 6.79. The van der Waals surface area contributed by atoms with Gasteiger partial charge in [0.15, 0.2) is 11.5 Å². The maximum absolute atomic E-state index is 10.4. The summed E-state index contributed by atoms with van der Waals surface area (Å²) in [5.41, 5.74) is 0.887. The van der Waals surface area contributed by atoms with Crippen LogP contribution in [0.2, 0.25) is 0 Å². The second-order valence-corrected chi connectivity index (χ2v) is 5.79. The van der Waals surface area contributed by atoms with Crippen LogP contribution >= 0.6 is 15.9 Å². The number of hydrogen-bond donors (Lipinski definition) is 2. The molecule has 1 fully saturated rings. The summed E-state index contributed by atoms with van der Waals surface area (Å²) in [4.78, 5) is 2.37. The summed E-state index contributed by atoms with van der Waals surface area (Å²) >= 11 is 3.48. The lowest BCUT2D eigenvalue weighted by atomic mass is 9.99. The summed E-state index contributed by atoms with van der Waals surface area (Å²) in [5.74, 6) is 0.722. The van der Waals surface area contributed by atoms with E-state index in [4.69, 9.17) is 4.74 Å². The van der Waals surface area contributed by atoms with E-state index < -0.39 is 0 Å². The van der Waals surface area contributed by atoms with Gasteiger partial charge < -0.3 is 15.2 Å². The summed E-state index contributed by atoms with van der Waals surface area (Å²) in [6.45, 7) is 7.72. The molecule has 20 heavy (non-hydrogen) atoms. The van der Waals surface area contributed by atoms with Crippen molar-refractivity contribution in [1.82, 2.24) is 10.2 Å². The van der Waals surface area contributed by atoms with E-state index in [0.29, 0.717) is 5.75 Å². The van der Waals surface area contributed by atoms with E-state index in [2.05, 4.69) is 32.7 Å². The Balaban J connectivity index is 2.37. The highest BCUT2D eigenvalue weighted by Crippen LogP contribution is 2.40. The maximum Gasteiger partial charge on any atom is 0.162 e. The van der Waals surface area contributed by atoms with E-state index in [1.54, 1.807) is 13.2 Å². The van der Waals surface area contributed by atoms with Crippen LogP contribution < -0.4 is 10.1 Å². The van der Waals surface area contributed by atoms with Crippen LogP contribution in [-0.2, 0) is 0 Å². The van der Waals surface area contributed by atoms with Crippen molar-refractivity contribution in [3.63, 3.8) is 0 Å². The molecule has 4 nitrogen and oxygen atoms in total. The van der Waals surface area contributed by atoms with E-state index in [-0.39, 0.29) is 11.8 Å². The lowest BCUT2D eigenvalue weighted by Gasteiger charge is -2.35. The fourth-order valence-corrected chi connectivity index (χ4v) is 3.08. The monoisotopic (exact) mass is 340 g/mol. The van der Waals surface area contributed by atoms with E-state index >= 15 is 0 Å². The van der Waals surface area contributed by atoms with Gasteiger partial charge in [0.1, 0.15) is 0 Å². The number of phenolic OH excluding ortho intramolecular Hbond substituents is 1. The molecule has 2 rings (SSSR count). The van der Waals surface area contributed by atoms with Gasteiger partial charge in [0.25, 0.3) is 0 Å². The standard InChI is InChI=1S/C15H21BrN2O2/c1-3-4-13(18-7-5-17-6-8-18)12-9-11(16)10-14(20-2)15(12)19/h3,9-10,13,17,19H,1,4-8H2,2H3/t13-/m1/s1. The average molecular weight is 341 g/mol. The lowest BCUT2D eigenvalue weighted by molar-refractivity contribution is 0.171. The van der Waals surface area contributed by atoms with Gasteiger partial charge in [0.05, 0.1) is 7.11 Å². The van der Waals surface area contributed by atoms with Crippen LogP contribution in [0.3, 0.4) is 0 Å². The molecule has 1 aromatic rings. The van der Waals surface area contributed by atoms with E-state index in [1.165, 1.54) is 0 Å². The second kappa shape index (κ2) is 7.11. The molecule has 0 saturated carbocycles. The highest BCUT2D eigenvalue weighted by molar-refractivity contribution is 9.10. The van der Waals surface area contributed by atoms with Crippen molar-refractivity contribution in [3.05, 3.63) is 34.8 Å². The molecule has 5 heteroatoms. The number of hydrogen-bond acceptors (Lipinski definition) is 4. The molecule has 110 valence electrons. The van der Waals surface area contributed by atoms with Crippen molar-refractivity contribution >= 4 is 15.9 Å². The molecule has 1 aromatic carbocycles. The van der Waals surface area contributed by atoms with E-state index in [0.717, 1.165) is 42.6 Å². The number of aromatic hydroxyl groups is 1. The number of phenols is 1. The quantitative estimate of drug-likeness (QED) is 0.809. The number of rotatable bonds is 5. The van der Waals surface area contributed by atoms with Crippen molar-refractivity contribution < 1.29 is 9.84 Å². The van der Waals surface area contributed by atoms with Crippen LogP contribution in [0.4, 0.5) is 0 Å². The van der Waals surface area contributed by atoms with Crippen LogP contribution in [-0.4, -0.2) is 43.3 Å². The predicted octanol–water partition coefficient (Wildman–Crippen LogP) is 2.69. The topological polar surface area (TPSA) is 44.7 Å². The minimum atomic E-state index is 0.126. The Morgan fingerprint density at radius 1 is 1.50 bits per heavy atom. The first kappa shape index (κ1) is 15.4. The molecule has 1 aliphatic heterocycles. The van der Waals surface area contributed by atoms with Gasteiger partial charge in [0, 0.05) is 42.3 Å². The zero-order valence-corrected chi connectivity index (χ0v) is 13.3. The fraction of sp³-hybridized carbons (Fsp3) is 0.467. The molecule has 1 saturated heterocycles. The Hall–Kier alpha value is -1.04. The van der Waals surface area contributed by atoms with Crippen LogP contribution in [0.1, 0.15) is 18.0 Å². The molecule has 0 unspecified atom stereocenters. The molecule has 1 atom stereocenters. The Labute approximate surface area is 128 Å². The third-order valence-electron chi connectivity index (χ3n) is 3.63. The Morgan fingerprint density at radius 2 is 2.20 bits per heavy atom. The Kier molecular flexibility index (Phi) is 5.46. The summed E-state index contributed by atoms with van der Waals surface area (Å²) < 4.78 is 6.15. The van der Waals surface area contributed by atoms with Crippen LogP contribution in [0.15, 0.2) is 29.3 Å². The zero-order valence-electron chi connectivity index (χ0n) is 11.7. The van der Waals surface area contributed by atoms with Crippen LogP contribution in [0.5, 0.6) is 11.5 Å². The first-order chi connectivity index (χ1) is 9.67. The maximum atomic E-state index is 10.4. The van der Waals surface area contributed by atoms with Crippen molar-refractivity contribution in [3.8, 4) is 11.5 Å². The minimum Gasteiger partial charge on any atom is -0.504 e. The molecule has 2 N–H and O–H groups in total. The number of nitrogens with zero attached hydrogens (tertiary/aromatic N) is 1. The van der Waals surface area contributed by atoms with Crippen molar-refractivity contribution in [2.45, 2.75) is 12.5 Å². The fourth-order valence-electron chi connectivity index (χ4n) is 2.63. The largest absolute Gasteiger partial charge is 0.504 e. The van der Waals surface area contributed by atoms with Gasteiger partial charge in [-0.2, -0.15) is 0 Å². The lowest BCUT2D eigenvalue weighted by Crippen LogP contribution is -2.45. The highest BCUT2D eigenvalue weighted by atomic mass is 79.9. The van der Waals surface area contributed by atoms with Gasteiger partial charge >= 0.3 is 0 Å². The van der Waals surface area contributed by atoms with E-state index in [9.17, 15) is 5.11 Å². The normalized spacial score (nSPS) is 17.7. The Bertz CT molecular complexity index is 473. The van der Waals surface area contributed by atoms with Crippen molar-refractivity contribution in [1.29, 1.82) is 0 Å². The summed E-state index contributed by atoms with van der Waals surface area (Å²) in [6, 6.07) is 3.87. The van der Waals surface area contributed by atoms with E-state index in [1.807, 2.05) is 12.1 Å². The van der Waals surface area contributed by atoms with Gasteiger partial charge in [-0.1, -0.05) is 22.0 Å². The molecule has 0 radical (unpaired) electrons. The van der Waals surface area contributed by atoms with Crippen LogP contribution in [0.25, 0.3) is 0 Å². The average Bonchev–Trinajstić information content (AvgIpc) is 2.48. The number of halogens is 1. The third kappa shape index (κ3) is 3.34. The van der Waals surface area contributed by atoms with Crippen LogP contribution in [0, 0.1) is 0 Å². The Morgan fingerprint density at radius 3 is 2.80 bits per heavy atom. The molecule has 1 aliphatic rings. The molecule has 1 heterocycles. The number of benzene rings is 1. The summed E-state index contributed by atoms with van der Waals surface area (Å²) in [6.07, 6.45) is 2.70. The number of nitrogens with one attached hydrogen (secondary N) is 1. The highest BCUT2D eigenvalue weighted by Gasteiger charge is 2.25. The molecule has 0 aliphatic carbocycles. The number of methoxy groups -OCH3 is 1. The third-order valence-corrected chi connectivity index (χ3v) is 4.09. The second-order valence-electron chi connectivity index (χ2n) is 4.87. The molecule has 0 amide bonds. The molecule has 0 aromatic heterocycles. The summed E-state index contributed by atoms with van der Waals surface area (Å²) in [5, 5.41) is 13.8. The van der Waals surface area contributed by atoms with Crippen molar-refractivity contribution in [2.24, 2.45) is 0 Å². The first-order valence-corrected chi connectivity index (χ1v) is 7.58. The van der Waals surface area contributed by atoms with Gasteiger partial charge in [-0.15, -0.1) is 6.58 Å². The van der Waals surface area contributed by atoms with Gasteiger partial charge in [-0.05, 0) is 18.6 Å². The van der Waals surface area contributed by atoms with Gasteiger partial charge in [-0.25, -0.2) is 0 Å². The summed E-state index contributed by atoms with van der Waals surface area (Å²) in [7, 11) is 1.57. The molecular weight excluding hydrogens is 320 g/mol. The zero-order chi connectivity index (χ0) is 14.5. The molecule has 0 bridgehead atoms. The minimum absolute atomic E-state index is 0.126. The van der Waals surface area contributed by atoms with Crippen molar-refractivity contribution in [2.75, 3.05) is 33.3 Å². The number of piperazine rings is 1. The van der Waals surface area contributed by atoms with Gasteiger partial charge in [0.2, 0.25) is 0 Å². The SMILES string of the molecule is C=CC[C@H](c1cc(Br)cc(OC)c1O)N1CCNCC1. The van der Waals surface area contributed by atoms with Gasteiger partial charge in [-0.3, -0.25) is 4.90 Å².